The zero-order valence-electron chi connectivity index (χ0n) is 12.3. The number of aromatic nitrogens is 2. The smallest absolute Gasteiger partial charge is 0.162 e. The van der Waals surface area contributed by atoms with Gasteiger partial charge in [0.15, 0.2) is 5.82 Å². The van der Waals surface area contributed by atoms with Crippen molar-refractivity contribution in [3.05, 3.63) is 17.6 Å². The fourth-order valence-corrected chi connectivity index (χ4v) is 2.81. The molecule has 1 heterocycles. The fraction of sp³-hybridized carbons (Fsp3) is 0.733. The summed E-state index contributed by atoms with van der Waals surface area (Å²) in [6, 6.07) is 2.04. The van der Waals surface area contributed by atoms with Gasteiger partial charge in [0.25, 0.3) is 0 Å². The van der Waals surface area contributed by atoms with Crippen molar-refractivity contribution >= 4 is 5.82 Å². The van der Waals surface area contributed by atoms with Crippen molar-refractivity contribution in [1.82, 2.24) is 9.97 Å². The number of anilines is 1. The summed E-state index contributed by atoms with van der Waals surface area (Å²) in [6.45, 7) is 7.86. The number of nitrogens with one attached hydrogen (secondary N) is 1. The summed E-state index contributed by atoms with van der Waals surface area (Å²) in [7, 11) is 0. The van der Waals surface area contributed by atoms with Crippen LogP contribution in [0.3, 0.4) is 0 Å². The topological polar surface area (TPSA) is 47.0 Å². The first-order valence-electron chi connectivity index (χ1n) is 7.50. The Labute approximate surface area is 116 Å². The first-order chi connectivity index (χ1) is 9.24. The van der Waals surface area contributed by atoms with E-state index in [2.05, 4.69) is 26.1 Å². The van der Waals surface area contributed by atoms with Crippen molar-refractivity contribution in [3.8, 4) is 0 Å². The van der Waals surface area contributed by atoms with E-state index in [1.165, 1.54) is 12.8 Å². The van der Waals surface area contributed by atoms with Gasteiger partial charge in [-0.15, -0.1) is 0 Å². The van der Waals surface area contributed by atoms with Crippen LogP contribution < -0.4 is 5.32 Å². The third-order valence-corrected chi connectivity index (χ3v) is 3.74. The molecule has 1 fully saturated rings. The summed E-state index contributed by atoms with van der Waals surface area (Å²) >= 11 is 0. The second kappa shape index (κ2) is 6.33. The van der Waals surface area contributed by atoms with Gasteiger partial charge >= 0.3 is 0 Å². The van der Waals surface area contributed by atoms with E-state index in [1.54, 1.807) is 0 Å². The second-order valence-electron chi connectivity index (χ2n) is 5.09. The van der Waals surface area contributed by atoms with Crippen LogP contribution in [0.25, 0.3) is 0 Å². The predicted molar refractivity (Wildman–Crippen MR) is 77.3 cm³/mol. The van der Waals surface area contributed by atoms with Crippen LogP contribution in [0.2, 0.25) is 0 Å². The van der Waals surface area contributed by atoms with Gasteiger partial charge in [0, 0.05) is 24.9 Å². The Morgan fingerprint density at radius 3 is 2.53 bits per heavy atom. The molecule has 1 aromatic heterocycles. The molecule has 0 atom stereocenters. The fourth-order valence-electron chi connectivity index (χ4n) is 2.81. The molecule has 1 aromatic rings. The molecule has 4 heteroatoms. The van der Waals surface area contributed by atoms with Gasteiger partial charge in [0.2, 0.25) is 0 Å². The van der Waals surface area contributed by atoms with E-state index in [-0.39, 0.29) is 5.60 Å². The van der Waals surface area contributed by atoms with Gasteiger partial charge in [-0.3, -0.25) is 0 Å². The van der Waals surface area contributed by atoms with Crippen molar-refractivity contribution in [3.63, 3.8) is 0 Å². The van der Waals surface area contributed by atoms with E-state index in [0.29, 0.717) is 0 Å². The van der Waals surface area contributed by atoms with Gasteiger partial charge in [-0.1, -0.05) is 6.92 Å². The number of aryl methyl sites for hydroxylation is 1. The van der Waals surface area contributed by atoms with Gasteiger partial charge < -0.3 is 10.1 Å². The normalized spacial score (nSPS) is 17.6. The molecular weight excluding hydrogens is 238 g/mol. The van der Waals surface area contributed by atoms with Crippen molar-refractivity contribution in [2.45, 2.75) is 58.5 Å². The van der Waals surface area contributed by atoms with E-state index >= 15 is 0 Å². The van der Waals surface area contributed by atoms with Crippen LogP contribution >= 0.6 is 0 Å². The number of nitrogens with zero attached hydrogens (tertiary/aromatic N) is 2. The first kappa shape index (κ1) is 14.3. The quantitative estimate of drug-likeness (QED) is 0.855. The van der Waals surface area contributed by atoms with E-state index in [9.17, 15) is 0 Å². The summed E-state index contributed by atoms with van der Waals surface area (Å²) in [5, 5.41) is 3.30. The van der Waals surface area contributed by atoms with Crippen molar-refractivity contribution < 1.29 is 4.74 Å². The molecular formula is C15H25N3O. The Balaban J connectivity index is 2.37. The van der Waals surface area contributed by atoms with Crippen LogP contribution in [0.5, 0.6) is 0 Å². The third kappa shape index (κ3) is 3.06. The lowest BCUT2D eigenvalue weighted by molar-refractivity contribution is -0.0457. The molecule has 0 aromatic carbocycles. The largest absolute Gasteiger partial charge is 0.370 e. The Kier molecular flexibility index (Phi) is 4.75. The van der Waals surface area contributed by atoms with Crippen molar-refractivity contribution in [2.24, 2.45) is 0 Å². The molecule has 0 aliphatic heterocycles. The van der Waals surface area contributed by atoms with E-state index in [0.717, 1.165) is 49.8 Å². The molecule has 19 heavy (non-hydrogen) atoms. The minimum atomic E-state index is -0.246. The predicted octanol–water partition coefficient (Wildman–Crippen LogP) is 3.28. The van der Waals surface area contributed by atoms with Crippen LogP contribution in [0.1, 0.15) is 58.0 Å². The molecule has 1 saturated carbocycles. The molecule has 1 N–H and O–H groups in total. The lowest BCUT2D eigenvalue weighted by atomic mass is 10.0. The summed E-state index contributed by atoms with van der Waals surface area (Å²) in [4.78, 5) is 9.43. The van der Waals surface area contributed by atoms with E-state index < -0.39 is 0 Å². The number of ether oxygens (including phenoxy) is 1. The van der Waals surface area contributed by atoms with Crippen molar-refractivity contribution in [2.75, 3.05) is 18.5 Å². The lowest BCUT2D eigenvalue weighted by Gasteiger charge is -2.28. The molecule has 1 aliphatic carbocycles. The second-order valence-corrected chi connectivity index (χ2v) is 5.09. The summed E-state index contributed by atoms with van der Waals surface area (Å²) in [5.41, 5.74) is 0.844. The van der Waals surface area contributed by atoms with Gasteiger partial charge in [0.05, 0.1) is 0 Å². The van der Waals surface area contributed by atoms with Gasteiger partial charge in [-0.2, -0.15) is 0 Å². The lowest BCUT2D eigenvalue weighted by Crippen LogP contribution is -2.29. The molecule has 1 aliphatic rings. The Hall–Kier alpha value is -1.16. The number of hydrogen-bond donors (Lipinski definition) is 1. The summed E-state index contributed by atoms with van der Waals surface area (Å²) < 4.78 is 6.06. The average molecular weight is 263 g/mol. The van der Waals surface area contributed by atoms with E-state index in [1.807, 2.05) is 6.07 Å². The Morgan fingerprint density at radius 2 is 1.95 bits per heavy atom. The molecule has 0 bridgehead atoms. The molecule has 2 rings (SSSR count). The van der Waals surface area contributed by atoms with E-state index in [4.69, 9.17) is 14.7 Å². The maximum absolute atomic E-state index is 6.06. The van der Waals surface area contributed by atoms with Gasteiger partial charge in [-0.05, 0) is 46.0 Å². The summed E-state index contributed by atoms with van der Waals surface area (Å²) in [6.07, 6.45) is 5.42. The zero-order valence-corrected chi connectivity index (χ0v) is 12.3. The van der Waals surface area contributed by atoms with Crippen LogP contribution in [0, 0.1) is 0 Å². The highest BCUT2D eigenvalue weighted by Gasteiger charge is 2.39. The SMILES string of the molecule is CCNc1cc(CC)nc(C2(OCC)CCCC2)n1. The highest BCUT2D eigenvalue weighted by atomic mass is 16.5. The standard InChI is InChI=1S/C15H25N3O/c1-4-12-11-13(16-5-2)18-14(17-12)15(19-6-3)9-7-8-10-15/h11H,4-10H2,1-3H3,(H,16,17,18). The van der Waals surface area contributed by atoms with Crippen molar-refractivity contribution in [1.29, 1.82) is 0 Å². The average Bonchev–Trinajstić information content (AvgIpc) is 2.89. The van der Waals surface area contributed by atoms with Crippen LogP contribution in [0.15, 0.2) is 6.07 Å². The maximum atomic E-state index is 6.06. The molecule has 0 amide bonds. The minimum absolute atomic E-state index is 0.246. The molecule has 0 saturated heterocycles. The van der Waals surface area contributed by atoms with Crippen LogP contribution in [0.4, 0.5) is 5.82 Å². The molecule has 106 valence electrons. The van der Waals surface area contributed by atoms with Crippen LogP contribution in [-0.2, 0) is 16.8 Å². The first-order valence-corrected chi connectivity index (χ1v) is 7.50. The molecule has 0 radical (unpaired) electrons. The third-order valence-electron chi connectivity index (χ3n) is 3.74. The van der Waals surface area contributed by atoms with Crippen LogP contribution in [-0.4, -0.2) is 23.1 Å². The highest BCUT2D eigenvalue weighted by molar-refractivity contribution is 5.37. The Morgan fingerprint density at radius 1 is 1.21 bits per heavy atom. The van der Waals surface area contributed by atoms with Gasteiger partial charge in [-0.25, -0.2) is 9.97 Å². The molecule has 0 unspecified atom stereocenters. The molecule has 0 spiro atoms. The Bertz CT molecular complexity index is 414. The minimum Gasteiger partial charge on any atom is -0.370 e. The zero-order chi connectivity index (χ0) is 13.7. The summed E-state index contributed by atoms with van der Waals surface area (Å²) in [5.74, 6) is 1.80. The van der Waals surface area contributed by atoms with Gasteiger partial charge in [0.1, 0.15) is 11.4 Å². The monoisotopic (exact) mass is 263 g/mol. The highest BCUT2D eigenvalue weighted by Crippen LogP contribution is 2.40. The number of hydrogen-bond acceptors (Lipinski definition) is 4. The molecule has 4 nitrogen and oxygen atoms in total. The maximum Gasteiger partial charge on any atom is 0.162 e. The number of rotatable bonds is 6.